The molecule has 0 radical (unpaired) electrons. The number of carbonyl (C=O) groups is 1. The quantitative estimate of drug-likeness (QED) is 0.621. The van der Waals surface area contributed by atoms with E-state index in [1.807, 2.05) is 50.2 Å². The highest BCUT2D eigenvalue weighted by Gasteiger charge is 2.15. The maximum Gasteiger partial charge on any atom is 0.179 e. The Morgan fingerprint density at radius 2 is 1.95 bits per heavy atom. The molecule has 2 rings (SSSR count). The Balaban J connectivity index is 2.17. The fourth-order valence-corrected chi connectivity index (χ4v) is 2.16. The van der Waals surface area contributed by atoms with E-state index in [2.05, 4.69) is 0 Å². The summed E-state index contributed by atoms with van der Waals surface area (Å²) in [7, 11) is 0. The van der Waals surface area contributed by atoms with Crippen LogP contribution < -0.4 is 4.84 Å². The molecule has 2 aromatic rings. The van der Waals surface area contributed by atoms with Crippen molar-refractivity contribution < 1.29 is 9.63 Å². The minimum Gasteiger partial charge on any atom is -0.409 e. The molecule has 100 valence electrons. The molecule has 0 bridgehead atoms. The number of hydrogen-bond acceptors (Lipinski definition) is 2. The highest BCUT2D eigenvalue weighted by Crippen LogP contribution is 2.15. The van der Waals surface area contributed by atoms with Gasteiger partial charge in [-0.3, -0.25) is 4.79 Å². The molecule has 3 nitrogen and oxygen atoms in total. The highest BCUT2D eigenvalue weighted by atomic mass is 35.5. The zero-order valence-corrected chi connectivity index (χ0v) is 11.8. The number of hydrogen-bond donors (Lipinski definition) is 0. The lowest BCUT2D eigenvalue weighted by Gasteiger charge is -2.11. The van der Waals surface area contributed by atoms with Crippen LogP contribution in [0.2, 0.25) is 0 Å². The Morgan fingerprint density at radius 3 is 2.58 bits per heavy atom. The summed E-state index contributed by atoms with van der Waals surface area (Å²) in [6.45, 7) is 4.23. The molecule has 0 amide bonds. The lowest BCUT2D eigenvalue weighted by atomic mass is 10.2. The number of aryl methyl sites for hydroxylation is 1. The van der Waals surface area contributed by atoms with Gasteiger partial charge in [-0.25, -0.2) is 0 Å². The fourth-order valence-electron chi connectivity index (χ4n) is 2.01. The maximum absolute atomic E-state index is 11.7. The van der Waals surface area contributed by atoms with Gasteiger partial charge in [0, 0.05) is 5.56 Å². The molecule has 1 aromatic carbocycles. The van der Waals surface area contributed by atoms with E-state index in [9.17, 15) is 4.79 Å². The van der Waals surface area contributed by atoms with Crippen molar-refractivity contribution in [1.82, 2.24) is 4.73 Å². The summed E-state index contributed by atoms with van der Waals surface area (Å²) in [5.74, 6) is -0.0903. The number of Topliss-reactive ketones (excluding diaryl/α,β-unsaturated/α-hetero) is 1. The number of rotatable bonds is 5. The van der Waals surface area contributed by atoms with Crippen LogP contribution in [-0.2, 0) is 6.61 Å². The Morgan fingerprint density at radius 1 is 1.26 bits per heavy atom. The van der Waals surface area contributed by atoms with Crippen molar-refractivity contribution in [1.29, 1.82) is 0 Å². The van der Waals surface area contributed by atoms with Crippen molar-refractivity contribution in [2.45, 2.75) is 20.5 Å². The first-order valence-electron chi connectivity index (χ1n) is 6.08. The third-order valence-corrected chi connectivity index (χ3v) is 3.24. The number of carbonyl (C=O) groups excluding carboxylic acids is 1. The van der Waals surface area contributed by atoms with Gasteiger partial charge >= 0.3 is 0 Å². The van der Waals surface area contributed by atoms with E-state index < -0.39 is 0 Å². The molecule has 0 unspecified atom stereocenters. The monoisotopic (exact) mass is 277 g/mol. The van der Waals surface area contributed by atoms with Crippen LogP contribution in [0.5, 0.6) is 0 Å². The lowest BCUT2D eigenvalue weighted by Crippen LogP contribution is -2.15. The van der Waals surface area contributed by atoms with E-state index in [1.165, 1.54) is 0 Å². The molecular formula is C15H16ClNO2. The van der Waals surface area contributed by atoms with E-state index >= 15 is 0 Å². The average molecular weight is 278 g/mol. The van der Waals surface area contributed by atoms with Crippen LogP contribution in [-0.4, -0.2) is 16.4 Å². The van der Waals surface area contributed by atoms with Crippen LogP contribution in [0.1, 0.15) is 27.3 Å². The van der Waals surface area contributed by atoms with Crippen molar-refractivity contribution >= 4 is 17.4 Å². The van der Waals surface area contributed by atoms with Gasteiger partial charge in [-0.05, 0) is 25.5 Å². The summed E-state index contributed by atoms with van der Waals surface area (Å²) in [5.41, 5.74) is 3.39. The van der Waals surface area contributed by atoms with E-state index in [-0.39, 0.29) is 11.7 Å². The molecule has 0 spiro atoms. The largest absolute Gasteiger partial charge is 0.409 e. The second-order valence-electron chi connectivity index (χ2n) is 4.40. The van der Waals surface area contributed by atoms with Crippen molar-refractivity contribution in [3.05, 3.63) is 58.9 Å². The minimum atomic E-state index is -0.0793. The summed E-state index contributed by atoms with van der Waals surface area (Å²) in [6, 6.07) is 11.7. The van der Waals surface area contributed by atoms with Crippen LogP contribution in [0.15, 0.2) is 36.4 Å². The maximum atomic E-state index is 11.7. The predicted octanol–water partition coefficient (Wildman–Crippen LogP) is 3.16. The predicted molar refractivity (Wildman–Crippen MR) is 75.7 cm³/mol. The Bertz CT molecular complexity index is 575. The average Bonchev–Trinajstić information content (AvgIpc) is 2.72. The molecule has 0 saturated heterocycles. The van der Waals surface area contributed by atoms with Crippen LogP contribution in [0, 0.1) is 13.8 Å². The van der Waals surface area contributed by atoms with Crippen LogP contribution in [0.4, 0.5) is 0 Å². The molecule has 1 aromatic heterocycles. The Hall–Kier alpha value is -1.74. The smallest absolute Gasteiger partial charge is 0.179 e. The number of ketones is 1. The fraction of sp³-hybridized carbons (Fsp3) is 0.267. The van der Waals surface area contributed by atoms with Crippen LogP contribution in [0.25, 0.3) is 0 Å². The second-order valence-corrected chi connectivity index (χ2v) is 4.66. The van der Waals surface area contributed by atoms with Crippen LogP contribution >= 0.6 is 11.6 Å². The second kappa shape index (κ2) is 5.93. The Kier molecular flexibility index (Phi) is 4.27. The lowest BCUT2D eigenvalue weighted by molar-refractivity contribution is 0.0881. The summed E-state index contributed by atoms with van der Waals surface area (Å²) in [6.07, 6.45) is 0. The SMILES string of the molecule is Cc1cc(C(=O)CCl)c(C)n1OCc1ccccc1. The van der Waals surface area contributed by atoms with Gasteiger partial charge in [-0.1, -0.05) is 30.3 Å². The first-order valence-corrected chi connectivity index (χ1v) is 6.62. The molecule has 4 heteroatoms. The molecule has 19 heavy (non-hydrogen) atoms. The minimum absolute atomic E-state index is 0.0109. The van der Waals surface area contributed by atoms with Gasteiger partial charge in [0.1, 0.15) is 6.61 Å². The van der Waals surface area contributed by atoms with Gasteiger partial charge in [0.25, 0.3) is 0 Å². The van der Waals surface area contributed by atoms with Gasteiger partial charge in [0.15, 0.2) is 5.78 Å². The number of nitrogens with zero attached hydrogens (tertiary/aromatic N) is 1. The van der Waals surface area contributed by atoms with Gasteiger partial charge < -0.3 is 4.84 Å². The zero-order chi connectivity index (χ0) is 13.8. The van der Waals surface area contributed by atoms with E-state index in [4.69, 9.17) is 16.4 Å². The molecule has 0 aliphatic rings. The molecular weight excluding hydrogens is 262 g/mol. The van der Waals surface area contributed by atoms with E-state index in [0.717, 1.165) is 17.0 Å². The highest BCUT2D eigenvalue weighted by molar-refractivity contribution is 6.30. The first kappa shape index (κ1) is 13.7. The van der Waals surface area contributed by atoms with Crippen LogP contribution in [0.3, 0.4) is 0 Å². The van der Waals surface area contributed by atoms with Gasteiger partial charge in [-0.2, -0.15) is 4.73 Å². The molecule has 0 saturated carbocycles. The third-order valence-electron chi connectivity index (χ3n) is 2.99. The topological polar surface area (TPSA) is 31.2 Å². The number of aromatic nitrogens is 1. The summed E-state index contributed by atoms with van der Waals surface area (Å²) in [5, 5.41) is 0. The van der Waals surface area contributed by atoms with Crippen molar-refractivity contribution in [2.75, 3.05) is 5.88 Å². The molecule has 1 heterocycles. The summed E-state index contributed by atoms with van der Waals surface area (Å²) >= 11 is 5.59. The molecule has 0 aliphatic carbocycles. The standard InChI is InChI=1S/C15H16ClNO2/c1-11-8-14(15(18)9-16)12(2)17(11)19-10-13-6-4-3-5-7-13/h3-8H,9-10H2,1-2H3. The molecule has 0 fully saturated rings. The number of benzene rings is 1. The Labute approximate surface area is 117 Å². The number of halogens is 1. The van der Waals surface area contributed by atoms with E-state index in [1.54, 1.807) is 4.73 Å². The van der Waals surface area contributed by atoms with Gasteiger partial charge in [-0.15, -0.1) is 11.6 Å². The number of alkyl halides is 1. The summed E-state index contributed by atoms with van der Waals surface area (Å²) < 4.78 is 1.69. The van der Waals surface area contributed by atoms with Gasteiger partial charge in [0.05, 0.1) is 17.3 Å². The van der Waals surface area contributed by atoms with Gasteiger partial charge in [0.2, 0.25) is 0 Å². The zero-order valence-electron chi connectivity index (χ0n) is 11.0. The molecule has 0 atom stereocenters. The first-order chi connectivity index (χ1) is 9.13. The third kappa shape index (κ3) is 2.99. The van der Waals surface area contributed by atoms with Crippen molar-refractivity contribution in [3.63, 3.8) is 0 Å². The van der Waals surface area contributed by atoms with Crippen molar-refractivity contribution in [2.24, 2.45) is 0 Å². The molecule has 0 aliphatic heterocycles. The summed E-state index contributed by atoms with van der Waals surface area (Å²) in [4.78, 5) is 17.4. The molecule has 0 N–H and O–H groups in total. The van der Waals surface area contributed by atoms with E-state index in [0.29, 0.717) is 12.2 Å². The normalized spacial score (nSPS) is 10.5. The van der Waals surface area contributed by atoms with Crippen molar-refractivity contribution in [3.8, 4) is 0 Å².